The van der Waals surface area contributed by atoms with Crippen molar-refractivity contribution in [3.63, 3.8) is 0 Å². The summed E-state index contributed by atoms with van der Waals surface area (Å²) >= 11 is 5.83. The van der Waals surface area contributed by atoms with Gasteiger partial charge in [-0.1, -0.05) is 23.7 Å². The van der Waals surface area contributed by atoms with Crippen molar-refractivity contribution in [2.24, 2.45) is 0 Å². The largest absolute Gasteiger partial charge is 0.397 e. The van der Waals surface area contributed by atoms with E-state index < -0.39 is 0 Å². The van der Waals surface area contributed by atoms with E-state index in [0.717, 1.165) is 5.56 Å². The van der Waals surface area contributed by atoms with Crippen LogP contribution in [0.1, 0.15) is 0 Å². The van der Waals surface area contributed by atoms with Crippen LogP contribution in [0.4, 0.5) is 10.1 Å². The van der Waals surface area contributed by atoms with E-state index in [4.69, 9.17) is 17.3 Å². The highest BCUT2D eigenvalue weighted by Gasteiger charge is 2.06. The molecule has 0 atom stereocenters. The zero-order valence-electron chi connectivity index (χ0n) is 7.74. The Kier molecular flexibility index (Phi) is 2.56. The Hall–Kier alpha value is -1.61. The highest BCUT2D eigenvalue weighted by atomic mass is 35.5. The Morgan fingerprint density at radius 1 is 1.13 bits per heavy atom. The number of rotatable bonds is 1. The van der Waals surface area contributed by atoms with Crippen molar-refractivity contribution < 1.29 is 4.39 Å². The minimum absolute atomic E-state index is 0.285. The fourth-order valence-electron chi connectivity index (χ4n) is 1.30. The van der Waals surface area contributed by atoms with Crippen LogP contribution in [0.25, 0.3) is 11.1 Å². The maximum Gasteiger partial charge on any atom is 0.123 e. The first-order valence-electron chi connectivity index (χ1n) is 4.33. The van der Waals surface area contributed by atoms with Crippen LogP contribution in [0.15, 0.2) is 36.7 Å². The summed E-state index contributed by atoms with van der Waals surface area (Å²) in [6.07, 6.45) is 3.08. The molecule has 1 aromatic heterocycles. The molecule has 1 aromatic carbocycles. The van der Waals surface area contributed by atoms with Crippen molar-refractivity contribution in [1.82, 2.24) is 4.98 Å². The monoisotopic (exact) mass is 222 g/mol. The van der Waals surface area contributed by atoms with Crippen molar-refractivity contribution in [3.05, 3.63) is 47.5 Å². The maximum absolute atomic E-state index is 12.7. The van der Waals surface area contributed by atoms with Crippen molar-refractivity contribution in [1.29, 1.82) is 0 Å². The summed E-state index contributed by atoms with van der Waals surface area (Å²) in [5.74, 6) is -0.285. The molecule has 0 aliphatic heterocycles. The Morgan fingerprint density at radius 2 is 1.80 bits per heavy atom. The molecule has 1 heterocycles. The molecule has 76 valence electrons. The molecule has 0 aliphatic rings. The molecule has 0 unspecified atom stereocenters. The van der Waals surface area contributed by atoms with Gasteiger partial charge < -0.3 is 5.73 Å². The van der Waals surface area contributed by atoms with Crippen LogP contribution in [0, 0.1) is 5.82 Å². The lowest BCUT2D eigenvalue weighted by Crippen LogP contribution is -1.92. The second-order valence-electron chi connectivity index (χ2n) is 3.09. The summed E-state index contributed by atoms with van der Waals surface area (Å²) in [4.78, 5) is 3.94. The van der Waals surface area contributed by atoms with Gasteiger partial charge in [0.15, 0.2) is 0 Å². The molecule has 0 saturated carbocycles. The third-order valence-electron chi connectivity index (χ3n) is 2.09. The standard InChI is InChI=1S/C11H8ClFN2/c12-10-6-15-5-9(11(10)14)7-1-3-8(13)4-2-7/h1-6H,(H2,14,15). The van der Waals surface area contributed by atoms with Crippen LogP contribution >= 0.6 is 11.6 Å². The molecular formula is C11H8ClFN2. The molecule has 2 nitrogen and oxygen atoms in total. The SMILES string of the molecule is Nc1c(Cl)cncc1-c1ccc(F)cc1. The van der Waals surface area contributed by atoms with Gasteiger partial charge in [0.25, 0.3) is 0 Å². The molecule has 0 aliphatic carbocycles. The van der Waals surface area contributed by atoms with Gasteiger partial charge in [0, 0.05) is 18.0 Å². The lowest BCUT2D eigenvalue weighted by molar-refractivity contribution is 0.628. The highest BCUT2D eigenvalue weighted by molar-refractivity contribution is 6.33. The van der Waals surface area contributed by atoms with Gasteiger partial charge in [-0.25, -0.2) is 4.39 Å². The van der Waals surface area contributed by atoms with E-state index in [2.05, 4.69) is 4.98 Å². The molecule has 2 N–H and O–H groups in total. The number of anilines is 1. The lowest BCUT2D eigenvalue weighted by Gasteiger charge is -2.06. The number of nitrogens with two attached hydrogens (primary N) is 1. The van der Waals surface area contributed by atoms with E-state index in [1.807, 2.05) is 0 Å². The van der Waals surface area contributed by atoms with Crippen LogP contribution in [-0.2, 0) is 0 Å². The van der Waals surface area contributed by atoms with Crippen LogP contribution < -0.4 is 5.73 Å². The number of nitrogen functional groups attached to an aromatic ring is 1. The predicted molar refractivity (Wildman–Crippen MR) is 59.1 cm³/mol. The van der Waals surface area contributed by atoms with Crippen molar-refractivity contribution in [2.75, 3.05) is 5.73 Å². The molecule has 0 amide bonds. The first-order valence-corrected chi connectivity index (χ1v) is 4.71. The minimum atomic E-state index is -0.285. The Morgan fingerprint density at radius 3 is 2.47 bits per heavy atom. The molecule has 0 spiro atoms. The number of hydrogen-bond acceptors (Lipinski definition) is 2. The number of aromatic nitrogens is 1. The normalized spacial score (nSPS) is 10.3. The molecule has 2 rings (SSSR count). The maximum atomic E-state index is 12.7. The third-order valence-corrected chi connectivity index (χ3v) is 2.40. The van der Waals surface area contributed by atoms with Crippen LogP contribution in [0.5, 0.6) is 0 Å². The lowest BCUT2D eigenvalue weighted by atomic mass is 10.1. The summed E-state index contributed by atoms with van der Waals surface area (Å²) in [5, 5.41) is 0.400. The van der Waals surface area contributed by atoms with Gasteiger partial charge in [-0.15, -0.1) is 0 Å². The number of halogens is 2. The van der Waals surface area contributed by atoms with E-state index in [1.165, 1.54) is 18.3 Å². The molecule has 15 heavy (non-hydrogen) atoms. The Labute approximate surface area is 91.5 Å². The van der Waals surface area contributed by atoms with E-state index in [9.17, 15) is 4.39 Å². The second kappa shape index (κ2) is 3.87. The quantitative estimate of drug-likeness (QED) is 0.805. The van der Waals surface area contributed by atoms with Crippen molar-refractivity contribution in [3.8, 4) is 11.1 Å². The first kappa shape index (κ1) is 9.93. The smallest absolute Gasteiger partial charge is 0.123 e. The van der Waals surface area contributed by atoms with E-state index in [1.54, 1.807) is 18.3 Å². The zero-order chi connectivity index (χ0) is 10.8. The molecule has 0 saturated heterocycles. The third kappa shape index (κ3) is 1.92. The number of benzene rings is 1. The first-order chi connectivity index (χ1) is 7.18. The van der Waals surface area contributed by atoms with Gasteiger partial charge in [0.1, 0.15) is 5.82 Å². The summed E-state index contributed by atoms with van der Waals surface area (Å²) in [7, 11) is 0. The molecule has 0 radical (unpaired) electrons. The fourth-order valence-corrected chi connectivity index (χ4v) is 1.46. The minimum Gasteiger partial charge on any atom is -0.397 e. The fraction of sp³-hybridized carbons (Fsp3) is 0. The number of pyridine rings is 1. The van der Waals surface area contributed by atoms with Crippen LogP contribution in [0.3, 0.4) is 0 Å². The summed E-state index contributed by atoms with van der Waals surface area (Å²) in [6.45, 7) is 0. The highest BCUT2D eigenvalue weighted by Crippen LogP contribution is 2.30. The van der Waals surface area contributed by atoms with E-state index in [-0.39, 0.29) is 5.82 Å². The number of nitrogens with zero attached hydrogens (tertiary/aromatic N) is 1. The summed E-state index contributed by atoms with van der Waals surface area (Å²) < 4.78 is 12.7. The topological polar surface area (TPSA) is 38.9 Å². The van der Waals surface area contributed by atoms with Gasteiger partial charge in [-0.05, 0) is 17.7 Å². The van der Waals surface area contributed by atoms with E-state index in [0.29, 0.717) is 16.3 Å². The van der Waals surface area contributed by atoms with Crippen LogP contribution in [0.2, 0.25) is 5.02 Å². The Balaban J connectivity index is 2.54. The average Bonchev–Trinajstić information content (AvgIpc) is 2.24. The molecule has 0 bridgehead atoms. The predicted octanol–water partition coefficient (Wildman–Crippen LogP) is 3.12. The van der Waals surface area contributed by atoms with Crippen molar-refractivity contribution >= 4 is 17.3 Å². The van der Waals surface area contributed by atoms with Gasteiger partial charge in [0.2, 0.25) is 0 Å². The summed E-state index contributed by atoms with van der Waals surface area (Å²) in [5.41, 5.74) is 7.75. The van der Waals surface area contributed by atoms with Gasteiger partial charge in [-0.3, -0.25) is 4.98 Å². The Bertz CT molecular complexity index is 482. The average molecular weight is 223 g/mol. The van der Waals surface area contributed by atoms with Gasteiger partial charge >= 0.3 is 0 Å². The second-order valence-corrected chi connectivity index (χ2v) is 3.50. The molecule has 4 heteroatoms. The van der Waals surface area contributed by atoms with Crippen LogP contribution in [-0.4, -0.2) is 4.98 Å². The summed E-state index contributed by atoms with van der Waals surface area (Å²) in [6, 6.07) is 6.02. The molecule has 2 aromatic rings. The van der Waals surface area contributed by atoms with E-state index >= 15 is 0 Å². The van der Waals surface area contributed by atoms with Crippen molar-refractivity contribution in [2.45, 2.75) is 0 Å². The zero-order valence-corrected chi connectivity index (χ0v) is 8.50. The van der Waals surface area contributed by atoms with Gasteiger partial charge in [-0.2, -0.15) is 0 Å². The molecular weight excluding hydrogens is 215 g/mol. The molecule has 0 fully saturated rings. The number of hydrogen-bond donors (Lipinski definition) is 1. The van der Waals surface area contributed by atoms with Gasteiger partial charge in [0.05, 0.1) is 10.7 Å².